The first-order chi connectivity index (χ1) is 14.5. The summed E-state index contributed by atoms with van der Waals surface area (Å²) >= 11 is 4.95. The van der Waals surface area contributed by atoms with E-state index in [0.717, 1.165) is 27.7 Å². The molecule has 0 spiro atoms. The van der Waals surface area contributed by atoms with Crippen molar-refractivity contribution in [2.24, 2.45) is 0 Å². The molecular weight excluding hydrogens is 462 g/mol. The van der Waals surface area contributed by atoms with Crippen LogP contribution in [0.4, 0.5) is 5.69 Å². The molecule has 1 amide bonds. The van der Waals surface area contributed by atoms with Crippen LogP contribution in [0.5, 0.6) is 5.75 Å². The lowest BCUT2D eigenvalue weighted by molar-refractivity contribution is -0.116. The minimum absolute atomic E-state index is 0.0337. The van der Waals surface area contributed by atoms with Gasteiger partial charge >= 0.3 is 0 Å². The molecule has 7 heteroatoms. The third-order valence-corrected chi connectivity index (χ3v) is 6.09. The Kier molecular flexibility index (Phi) is 7.61. The first-order valence-corrected chi connectivity index (χ1v) is 11.2. The van der Waals surface area contributed by atoms with Gasteiger partial charge in [0.25, 0.3) is 5.91 Å². The Morgan fingerprint density at radius 1 is 1.37 bits per heavy atom. The second-order valence-corrected chi connectivity index (χ2v) is 8.61. The van der Waals surface area contributed by atoms with Crippen molar-refractivity contribution in [2.75, 3.05) is 11.9 Å². The largest absolute Gasteiger partial charge is 0.477 e. The van der Waals surface area contributed by atoms with Crippen molar-refractivity contribution < 1.29 is 9.53 Å². The highest BCUT2D eigenvalue weighted by Gasteiger charge is 2.27. The molecule has 1 aliphatic heterocycles. The van der Waals surface area contributed by atoms with Crippen LogP contribution in [0.3, 0.4) is 0 Å². The summed E-state index contributed by atoms with van der Waals surface area (Å²) in [6, 6.07) is 14.0. The molecule has 154 valence electrons. The van der Waals surface area contributed by atoms with Gasteiger partial charge in [0, 0.05) is 5.69 Å². The second-order valence-electron chi connectivity index (χ2n) is 6.61. The van der Waals surface area contributed by atoms with Crippen molar-refractivity contribution in [3.8, 4) is 11.8 Å². The van der Waals surface area contributed by atoms with Crippen molar-refractivity contribution in [1.82, 2.24) is 5.32 Å². The number of nitrogens with one attached hydrogen (secondary N) is 2. The molecule has 1 atom stereocenters. The van der Waals surface area contributed by atoms with E-state index in [1.807, 2.05) is 36.4 Å². The number of thioether (sulfide) groups is 1. The number of hydrogen-bond acceptors (Lipinski definition) is 5. The number of halogens is 1. The quantitative estimate of drug-likeness (QED) is 0.396. The van der Waals surface area contributed by atoms with Gasteiger partial charge in [0.05, 0.1) is 9.38 Å². The number of hydrogen-bond donors (Lipinski definition) is 2. The summed E-state index contributed by atoms with van der Waals surface area (Å²) in [4.78, 5) is 13.1. The molecule has 0 unspecified atom stereocenters. The predicted molar refractivity (Wildman–Crippen MR) is 126 cm³/mol. The Morgan fingerprint density at radius 3 is 2.80 bits per heavy atom. The van der Waals surface area contributed by atoms with E-state index >= 15 is 0 Å². The van der Waals surface area contributed by atoms with Gasteiger partial charge in [-0.3, -0.25) is 4.79 Å². The molecule has 1 heterocycles. The van der Waals surface area contributed by atoms with E-state index in [2.05, 4.69) is 52.2 Å². The summed E-state index contributed by atoms with van der Waals surface area (Å²) in [5, 5.41) is 15.1. The van der Waals surface area contributed by atoms with Crippen LogP contribution in [-0.2, 0) is 17.6 Å². The van der Waals surface area contributed by atoms with Crippen LogP contribution in [0.25, 0.3) is 6.08 Å². The standard InChI is InChI=1S/C23H22BrN3O2S/c1-3-5-17-12-16(13-19(24)21(17)29-11-10-25)14-20-22(28)27-23(30-20)26-18-8-6-15(4-2)7-9-18/h3,6-9,12-14,23,26H,1,4-5,11H2,2H3,(H,27,28)/b20-14-/t23-/m1/s1. The Hall–Kier alpha value is -2.69. The Bertz CT molecular complexity index is 1010. The highest BCUT2D eigenvalue weighted by atomic mass is 79.9. The topological polar surface area (TPSA) is 74.2 Å². The summed E-state index contributed by atoms with van der Waals surface area (Å²) in [6.45, 7) is 5.87. The summed E-state index contributed by atoms with van der Waals surface area (Å²) in [5.74, 6) is 0.506. The highest BCUT2D eigenvalue weighted by Crippen LogP contribution is 2.35. The fraction of sp³-hybridized carbons (Fsp3) is 0.217. The fourth-order valence-corrected chi connectivity index (χ4v) is 4.65. The van der Waals surface area contributed by atoms with E-state index in [9.17, 15) is 4.79 Å². The zero-order valence-corrected chi connectivity index (χ0v) is 19.0. The molecule has 0 radical (unpaired) electrons. The first-order valence-electron chi connectivity index (χ1n) is 9.51. The van der Waals surface area contributed by atoms with Crippen LogP contribution in [0, 0.1) is 11.3 Å². The molecule has 0 saturated carbocycles. The van der Waals surface area contributed by atoms with Crippen LogP contribution < -0.4 is 15.4 Å². The Balaban J connectivity index is 1.77. The number of allylic oxidation sites excluding steroid dienone is 1. The number of rotatable bonds is 8. The van der Waals surface area contributed by atoms with Crippen LogP contribution in [-0.4, -0.2) is 18.0 Å². The number of carbonyl (C=O) groups is 1. The van der Waals surface area contributed by atoms with E-state index in [1.165, 1.54) is 17.3 Å². The molecule has 0 aliphatic carbocycles. The molecule has 2 N–H and O–H groups in total. The van der Waals surface area contributed by atoms with Crippen LogP contribution >= 0.6 is 27.7 Å². The smallest absolute Gasteiger partial charge is 0.260 e. The molecule has 30 heavy (non-hydrogen) atoms. The van der Waals surface area contributed by atoms with Gasteiger partial charge in [-0.15, -0.1) is 6.58 Å². The normalized spacial score (nSPS) is 16.8. The average Bonchev–Trinajstić information content (AvgIpc) is 3.07. The van der Waals surface area contributed by atoms with E-state index in [4.69, 9.17) is 10.00 Å². The minimum Gasteiger partial charge on any atom is -0.477 e. The van der Waals surface area contributed by atoms with Gasteiger partial charge in [-0.1, -0.05) is 36.9 Å². The molecule has 3 rings (SSSR count). The molecule has 0 bridgehead atoms. The lowest BCUT2D eigenvalue weighted by Crippen LogP contribution is -2.30. The van der Waals surface area contributed by atoms with Gasteiger partial charge in [0.15, 0.2) is 12.1 Å². The number of ether oxygens (including phenoxy) is 1. The maximum absolute atomic E-state index is 12.5. The number of aryl methyl sites for hydroxylation is 1. The van der Waals surface area contributed by atoms with Crippen LogP contribution in [0.2, 0.25) is 0 Å². The predicted octanol–water partition coefficient (Wildman–Crippen LogP) is 5.24. The van der Waals surface area contributed by atoms with Crippen LogP contribution in [0.15, 0.2) is 58.4 Å². The van der Waals surface area contributed by atoms with Gasteiger partial charge < -0.3 is 15.4 Å². The van der Waals surface area contributed by atoms with Crippen LogP contribution in [0.1, 0.15) is 23.6 Å². The van der Waals surface area contributed by atoms with Gasteiger partial charge in [-0.25, -0.2) is 0 Å². The monoisotopic (exact) mass is 483 g/mol. The van der Waals surface area contributed by atoms with Crippen molar-refractivity contribution in [3.63, 3.8) is 0 Å². The minimum atomic E-state index is -0.231. The Labute approximate surface area is 189 Å². The number of nitrogens with zero attached hydrogens (tertiary/aromatic N) is 1. The van der Waals surface area contributed by atoms with Gasteiger partial charge in [-0.2, -0.15) is 5.26 Å². The third kappa shape index (κ3) is 5.47. The van der Waals surface area contributed by atoms with E-state index in [-0.39, 0.29) is 18.0 Å². The second kappa shape index (κ2) is 10.4. The van der Waals surface area contributed by atoms with E-state index in [0.29, 0.717) is 17.1 Å². The van der Waals surface area contributed by atoms with E-state index in [1.54, 1.807) is 6.08 Å². The number of carbonyl (C=O) groups excluding carboxylic acids is 1. The van der Waals surface area contributed by atoms with Gasteiger partial charge in [0.2, 0.25) is 0 Å². The first kappa shape index (κ1) is 22.0. The molecular formula is C23H22BrN3O2S. The van der Waals surface area contributed by atoms with Gasteiger partial charge in [-0.05, 0) is 75.8 Å². The number of benzene rings is 2. The molecule has 0 aromatic heterocycles. The zero-order valence-electron chi connectivity index (χ0n) is 16.6. The van der Waals surface area contributed by atoms with Crippen molar-refractivity contribution in [3.05, 3.63) is 75.1 Å². The molecule has 5 nitrogen and oxygen atoms in total. The lowest BCUT2D eigenvalue weighted by atomic mass is 10.1. The fourth-order valence-electron chi connectivity index (χ4n) is 3.03. The summed E-state index contributed by atoms with van der Waals surface area (Å²) in [5.41, 5.74) is 3.77. The zero-order chi connectivity index (χ0) is 21.5. The number of anilines is 1. The van der Waals surface area contributed by atoms with Crippen molar-refractivity contribution in [2.45, 2.75) is 25.3 Å². The number of nitriles is 1. The van der Waals surface area contributed by atoms with Crippen molar-refractivity contribution in [1.29, 1.82) is 5.26 Å². The summed E-state index contributed by atoms with van der Waals surface area (Å²) in [7, 11) is 0. The third-order valence-electron chi connectivity index (χ3n) is 4.48. The molecule has 1 aliphatic rings. The maximum atomic E-state index is 12.5. The molecule has 1 fully saturated rings. The average molecular weight is 484 g/mol. The van der Waals surface area contributed by atoms with Crippen molar-refractivity contribution >= 4 is 45.4 Å². The molecule has 2 aromatic rings. The summed E-state index contributed by atoms with van der Waals surface area (Å²) in [6.07, 6.45) is 5.21. The highest BCUT2D eigenvalue weighted by molar-refractivity contribution is 9.10. The van der Waals surface area contributed by atoms with Gasteiger partial charge in [0.1, 0.15) is 11.8 Å². The lowest BCUT2D eigenvalue weighted by Gasteiger charge is -2.13. The Morgan fingerprint density at radius 2 is 2.13 bits per heavy atom. The summed E-state index contributed by atoms with van der Waals surface area (Å²) < 4.78 is 6.28. The molecule has 2 aromatic carbocycles. The SMILES string of the molecule is C=CCc1cc(/C=C2\S[C@H](Nc3ccc(CC)cc3)NC2=O)cc(Br)c1OCC#N. The van der Waals surface area contributed by atoms with E-state index < -0.39 is 0 Å². The maximum Gasteiger partial charge on any atom is 0.260 e. The molecule has 1 saturated heterocycles. The number of amides is 1.